The first-order chi connectivity index (χ1) is 12.7. The van der Waals surface area contributed by atoms with E-state index in [1.165, 1.54) is 12.8 Å². The first-order valence-electron chi connectivity index (χ1n) is 9.11. The molecule has 2 aromatic rings. The fourth-order valence-electron chi connectivity index (χ4n) is 3.23. The van der Waals surface area contributed by atoms with E-state index in [1.54, 1.807) is 0 Å². The Morgan fingerprint density at radius 2 is 1.85 bits per heavy atom. The minimum Gasteiger partial charge on any atom is -0.361 e. The molecular weight excluding hydrogens is 396 g/mol. The van der Waals surface area contributed by atoms with Crippen LogP contribution >= 0.6 is 15.9 Å². The lowest BCUT2D eigenvalue weighted by molar-refractivity contribution is -0.117. The molecular formula is C19H23BrN4O2. The van der Waals surface area contributed by atoms with Crippen molar-refractivity contribution in [2.24, 2.45) is 0 Å². The predicted molar refractivity (Wildman–Crippen MR) is 103 cm³/mol. The first kappa shape index (κ1) is 17.7. The molecule has 1 aliphatic heterocycles. The average molecular weight is 419 g/mol. The van der Waals surface area contributed by atoms with Crippen molar-refractivity contribution < 1.29 is 9.32 Å². The molecule has 26 heavy (non-hydrogen) atoms. The number of hydrogen-bond donors (Lipinski definition) is 1. The van der Waals surface area contributed by atoms with Crippen LogP contribution in [0.3, 0.4) is 0 Å². The fraction of sp³-hybridized carbons (Fsp3) is 0.474. The number of carbonyl (C=O) groups excluding carboxylic acids is 1. The Balaban J connectivity index is 1.20. The van der Waals surface area contributed by atoms with Gasteiger partial charge in [-0.15, -0.1) is 0 Å². The molecule has 0 bridgehead atoms. The van der Waals surface area contributed by atoms with Gasteiger partial charge in [0.25, 0.3) is 0 Å². The second-order valence-corrected chi connectivity index (χ2v) is 8.02. The van der Waals surface area contributed by atoms with Gasteiger partial charge in [-0.05, 0) is 37.1 Å². The van der Waals surface area contributed by atoms with Gasteiger partial charge in [-0.1, -0.05) is 21.1 Å². The summed E-state index contributed by atoms with van der Waals surface area (Å²) in [6.45, 7) is 4.92. The number of nitrogens with one attached hydrogen (secondary N) is 1. The number of carbonyl (C=O) groups is 1. The van der Waals surface area contributed by atoms with Crippen molar-refractivity contribution in [1.29, 1.82) is 0 Å². The van der Waals surface area contributed by atoms with Gasteiger partial charge in [0, 0.05) is 54.9 Å². The lowest BCUT2D eigenvalue weighted by Crippen LogP contribution is -2.48. The van der Waals surface area contributed by atoms with Gasteiger partial charge >= 0.3 is 0 Å². The van der Waals surface area contributed by atoms with Gasteiger partial charge in [-0.2, -0.15) is 0 Å². The van der Waals surface area contributed by atoms with Gasteiger partial charge in [0.05, 0.1) is 12.2 Å². The Morgan fingerprint density at radius 3 is 2.54 bits per heavy atom. The summed E-state index contributed by atoms with van der Waals surface area (Å²) in [7, 11) is 0. The van der Waals surface area contributed by atoms with Crippen LogP contribution < -0.4 is 5.32 Å². The largest absolute Gasteiger partial charge is 0.361 e. The summed E-state index contributed by atoms with van der Waals surface area (Å²) in [6, 6.07) is 9.75. The second kappa shape index (κ2) is 7.90. The number of piperazine rings is 1. The molecule has 1 aromatic heterocycles. The molecule has 7 heteroatoms. The van der Waals surface area contributed by atoms with E-state index in [0.717, 1.165) is 54.3 Å². The molecule has 2 heterocycles. The quantitative estimate of drug-likeness (QED) is 0.780. The standard InChI is InChI=1S/C19H23BrN4O2/c20-15-3-5-16(6-4-15)21-19(25)13-24-9-7-23(8-10-24)12-17-11-18(26-22-17)14-1-2-14/h3-6,11,14H,1-2,7-10,12-13H2,(H,21,25). The third kappa shape index (κ3) is 4.72. The highest BCUT2D eigenvalue weighted by atomic mass is 79.9. The summed E-state index contributed by atoms with van der Waals surface area (Å²) in [5.74, 6) is 1.69. The lowest BCUT2D eigenvalue weighted by atomic mass is 10.2. The maximum atomic E-state index is 12.2. The van der Waals surface area contributed by atoms with Crippen LogP contribution in [0.2, 0.25) is 0 Å². The Morgan fingerprint density at radius 1 is 1.15 bits per heavy atom. The topological polar surface area (TPSA) is 61.6 Å². The van der Waals surface area contributed by atoms with Crippen molar-refractivity contribution in [1.82, 2.24) is 15.0 Å². The Labute approximate surface area is 161 Å². The minimum absolute atomic E-state index is 0.0337. The number of halogens is 1. The van der Waals surface area contributed by atoms with Gasteiger partial charge < -0.3 is 9.84 Å². The molecule has 6 nitrogen and oxygen atoms in total. The average Bonchev–Trinajstić information content (AvgIpc) is 3.38. The molecule has 138 valence electrons. The van der Waals surface area contributed by atoms with Crippen molar-refractivity contribution in [2.75, 3.05) is 38.0 Å². The first-order valence-corrected chi connectivity index (χ1v) is 9.90. The summed E-state index contributed by atoms with van der Waals surface area (Å²) < 4.78 is 6.43. The molecule has 0 unspecified atom stereocenters. The number of rotatable bonds is 6. The van der Waals surface area contributed by atoms with Crippen molar-refractivity contribution in [3.63, 3.8) is 0 Å². The zero-order valence-electron chi connectivity index (χ0n) is 14.7. The van der Waals surface area contributed by atoms with Gasteiger partial charge in [0.2, 0.25) is 5.91 Å². The van der Waals surface area contributed by atoms with E-state index in [-0.39, 0.29) is 5.91 Å². The third-order valence-electron chi connectivity index (χ3n) is 4.90. The Hall–Kier alpha value is -1.70. The molecule has 1 N–H and O–H groups in total. The Kier molecular flexibility index (Phi) is 5.38. The molecule has 1 aliphatic carbocycles. The molecule has 0 spiro atoms. The molecule has 1 aromatic carbocycles. The van der Waals surface area contributed by atoms with Crippen LogP contribution in [-0.2, 0) is 11.3 Å². The minimum atomic E-state index is 0.0337. The van der Waals surface area contributed by atoms with Gasteiger partial charge in [-0.3, -0.25) is 14.6 Å². The summed E-state index contributed by atoms with van der Waals surface area (Å²) in [5, 5.41) is 7.14. The van der Waals surface area contributed by atoms with Gasteiger partial charge in [-0.25, -0.2) is 0 Å². The monoisotopic (exact) mass is 418 g/mol. The number of aromatic nitrogens is 1. The van der Waals surface area contributed by atoms with Crippen molar-refractivity contribution in [3.8, 4) is 0 Å². The van der Waals surface area contributed by atoms with Crippen LogP contribution in [0, 0.1) is 0 Å². The molecule has 4 rings (SSSR count). The molecule has 1 amide bonds. The number of amides is 1. The number of nitrogens with zero attached hydrogens (tertiary/aromatic N) is 3. The zero-order chi connectivity index (χ0) is 17.9. The van der Waals surface area contributed by atoms with Gasteiger partial charge in [0.1, 0.15) is 5.76 Å². The molecule has 0 atom stereocenters. The van der Waals surface area contributed by atoms with Crippen LogP contribution in [0.15, 0.2) is 39.3 Å². The maximum absolute atomic E-state index is 12.2. The van der Waals surface area contributed by atoms with E-state index < -0.39 is 0 Å². The normalized spacial score (nSPS) is 18.8. The van der Waals surface area contributed by atoms with E-state index in [4.69, 9.17) is 4.52 Å². The number of anilines is 1. The molecule has 2 fully saturated rings. The van der Waals surface area contributed by atoms with E-state index in [2.05, 4.69) is 42.3 Å². The predicted octanol–water partition coefficient (Wildman–Crippen LogP) is 3.07. The van der Waals surface area contributed by atoms with Crippen LogP contribution in [0.5, 0.6) is 0 Å². The molecule has 1 saturated heterocycles. The highest BCUT2D eigenvalue weighted by molar-refractivity contribution is 9.10. The van der Waals surface area contributed by atoms with Gasteiger partial charge in [0.15, 0.2) is 0 Å². The highest BCUT2D eigenvalue weighted by Crippen LogP contribution is 2.40. The fourth-order valence-corrected chi connectivity index (χ4v) is 3.50. The van der Waals surface area contributed by atoms with Crippen LogP contribution in [0.25, 0.3) is 0 Å². The second-order valence-electron chi connectivity index (χ2n) is 7.10. The van der Waals surface area contributed by atoms with E-state index in [1.807, 2.05) is 24.3 Å². The zero-order valence-corrected chi connectivity index (χ0v) is 16.2. The summed E-state index contributed by atoms with van der Waals surface area (Å²) in [4.78, 5) is 16.8. The molecule has 2 aliphatic rings. The Bertz CT molecular complexity index is 749. The molecule has 1 saturated carbocycles. The summed E-state index contributed by atoms with van der Waals surface area (Å²) >= 11 is 3.40. The molecule has 0 radical (unpaired) electrons. The lowest BCUT2D eigenvalue weighted by Gasteiger charge is -2.33. The van der Waals surface area contributed by atoms with Crippen LogP contribution in [0.1, 0.15) is 30.2 Å². The van der Waals surface area contributed by atoms with E-state index in [0.29, 0.717) is 12.5 Å². The summed E-state index contributed by atoms with van der Waals surface area (Å²) in [5.41, 5.74) is 1.85. The smallest absolute Gasteiger partial charge is 0.238 e. The van der Waals surface area contributed by atoms with Crippen molar-refractivity contribution >= 4 is 27.5 Å². The summed E-state index contributed by atoms with van der Waals surface area (Å²) in [6.07, 6.45) is 2.46. The van der Waals surface area contributed by atoms with Crippen molar-refractivity contribution in [3.05, 3.63) is 46.3 Å². The van der Waals surface area contributed by atoms with E-state index >= 15 is 0 Å². The van der Waals surface area contributed by atoms with E-state index in [9.17, 15) is 4.79 Å². The SMILES string of the molecule is O=C(CN1CCN(Cc2cc(C3CC3)on2)CC1)Nc1ccc(Br)cc1. The maximum Gasteiger partial charge on any atom is 0.238 e. The number of benzene rings is 1. The number of hydrogen-bond acceptors (Lipinski definition) is 5. The highest BCUT2D eigenvalue weighted by Gasteiger charge is 2.28. The third-order valence-corrected chi connectivity index (χ3v) is 5.43. The van der Waals surface area contributed by atoms with Crippen LogP contribution in [0.4, 0.5) is 5.69 Å². The van der Waals surface area contributed by atoms with Crippen LogP contribution in [-0.4, -0.2) is 53.6 Å². The van der Waals surface area contributed by atoms with Crippen molar-refractivity contribution in [2.45, 2.75) is 25.3 Å².